The first kappa shape index (κ1) is 12.5. The van der Waals surface area contributed by atoms with Crippen LogP contribution in [0.2, 0.25) is 0 Å². The Kier molecular flexibility index (Phi) is 3.77. The van der Waals surface area contributed by atoms with Gasteiger partial charge in [-0.15, -0.1) is 0 Å². The van der Waals surface area contributed by atoms with Gasteiger partial charge in [0, 0.05) is 15.2 Å². The van der Waals surface area contributed by atoms with Gasteiger partial charge >= 0.3 is 0 Å². The van der Waals surface area contributed by atoms with Crippen molar-refractivity contribution < 1.29 is 8.42 Å². The molecule has 6 heteroatoms. The highest BCUT2D eigenvalue weighted by Gasteiger charge is 2.15. The van der Waals surface area contributed by atoms with Gasteiger partial charge in [0.2, 0.25) is 0 Å². The Morgan fingerprint density at radius 2 is 2.13 bits per heavy atom. The maximum absolute atomic E-state index is 11.1. The lowest BCUT2D eigenvalue weighted by molar-refractivity contribution is 0.609. The molecular weight excluding hydrogens is 302 g/mol. The molecule has 0 aromatic heterocycles. The third-order valence-electron chi connectivity index (χ3n) is 1.92. The molecule has 0 aliphatic carbocycles. The number of nitrogens with zero attached hydrogens (tertiary/aromatic N) is 1. The molecule has 0 atom stereocenters. The number of rotatable bonds is 2. The van der Waals surface area contributed by atoms with E-state index in [9.17, 15) is 8.42 Å². The fourth-order valence-electron chi connectivity index (χ4n) is 1.21. The molecule has 0 unspecified atom stereocenters. The Balaban J connectivity index is 3.55. The van der Waals surface area contributed by atoms with Crippen LogP contribution in [0.3, 0.4) is 0 Å². The van der Waals surface area contributed by atoms with Gasteiger partial charge < -0.3 is 0 Å². The molecule has 1 aromatic rings. The Hall–Kier alpha value is -0.570. The molecule has 3 nitrogen and oxygen atoms in total. The van der Waals surface area contributed by atoms with Crippen molar-refractivity contribution in [1.82, 2.24) is 0 Å². The lowest BCUT2D eigenvalue weighted by Gasteiger charge is -2.05. The van der Waals surface area contributed by atoms with E-state index < -0.39 is 9.05 Å². The summed E-state index contributed by atoms with van der Waals surface area (Å²) < 4.78 is 22.8. The molecule has 1 aromatic carbocycles. The van der Waals surface area contributed by atoms with E-state index >= 15 is 0 Å². The van der Waals surface area contributed by atoms with Gasteiger partial charge in [0.05, 0.1) is 16.5 Å². The van der Waals surface area contributed by atoms with E-state index in [2.05, 4.69) is 15.9 Å². The maximum atomic E-state index is 11.1. The average Bonchev–Trinajstić information content (AvgIpc) is 2.15. The standard InChI is InChI=1S/C9H7BrClNO2S/c1-2-8-6(5-12)3-7(4-9(8)10)15(11,13)14/h3-4H,2H2,1H3. The van der Waals surface area contributed by atoms with Gasteiger partial charge in [-0.05, 0) is 24.1 Å². The van der Waals surface area contributed by atoms with Crippen LogP contribution in [0.5, 0.6) is 0 Å². The van der Waals surface area contributed by atoms with Gasteiger partial charge in [0.25, 0.3) is 9.05 Å². The Bertz CT molecular complexity index is 534. The second-order valence-electron chi connectivity index (χ2n) is 2.83. The Labute approximate surface area is 101 Å². The minimum atomic E-state index is -3.79. The molecule has 0 aliphatic heterocycles. The fraction of sp³-hybridized carbons (Fsp3) is 0.222. The van der Waals surface area contributed by atoms with Gasteiger partial charge in [-0.1, -0.05) is 22.9 Å². The fourth-order valence-corrected chi connectivity index (χ4v) is 2.89. The molecule has 0 bridgehead atoms. The summed E-state index contributed by atoms with van der Waals surface area (Å²) in [6.07, 6.45) is 0.645. The zero-order valence-electron chi connectivity index (χ0n) is 7.79. The predicted octanol–water partition coefficient (Wildman–Crippen LogP) is 2.81. The van der Waals surface area contributed by atoms with Crippen LogP contribution in [0.25, 0.3) is 0 Å². The molecule has 15 heavy (non-hydrogen) atoms. The molecule has 0 aliphatic rings. The minimum Gasteiger partial charge on any atom is -0.207 e. The van der Waals surface area contributed by atoms with Crippen LogP contribution in [0.4, 0.5) is 0 Å². The van der Waals surface area contributed by atoms with E-state index in [1.807, 2.05) is 13.0 Å². The smallest absolute Gasteiger partial charge is 0.207 e. The van der Waals surface area contributed by atoms with Crippen LogP contribution < -0.4 is 0 Å². The van der Waals surface area contributed by atoms with Crippen molar-refractivity contribution in [3.8, 4) is 6.07 Å². The molecule has 0 heterocycles. The normalized spacial score (nSPS) is 11.1. The van der Waals surface area contributed by atoms with Gasteiger partial charge in [0.15, 0.2) is 0 Å². The number of hydrogen-bond donors (Lipinski definition) is 0. The summed E-state index contributed by atoms with van der Waals surface area (Å²) in [6, 6.07) is 4.64. The quantitative estimate of drug-likeness (QED) is 0.789. The van der Waals surface area contributed by atoms with Gasteiger partial charge in [-0.2, -0.15) is 5.26 Å². The molecule has 0 spiro atoms. The van der Waals surface area contributed by atoms with Crippen LogP contribution in [-0.4, -0.2) is 8.42 Å². The zero-order chi connectivity index (χ0) is 11.6. The summed E-state index contributed by atoms with van der Waals surface area (Å²) in [4.78, 5) is -0.0650. The predicted molar refractivity (Wildman–Crippen MR) is 61.3 cm³/mol. The van der Waals surface area contributed by atoms with Crippen molar-refractivity contribution in [2.75, 3.05) is 0 Å². The number of hydrogen-bond acceptors (Lipinski definition) is 3. The second-order valence-corrected chi connectivity index (χ2v) is 6.25. The van der Waals surface area contributed by atoms with Gasteiger partial charge in [0.1, 0.15) is 0 Å². The Morgan fingerprint density at radius 1 is 1.53 bits per heavy atom. The minimum absolute atomic E-state index is 0.0650. The Morgan fingerprint density at radius 3 is 2.53 bits per heavy atom. The second kappa shape index (κ2) is 4.52. The van der Waals surface area contributed by atoms with Gasteiger partial charge in [-0.3, -0.25) is 0 Å². The summed E-state index contributed by atoms with van der Waals surface area (Å²) in [7, 11) is 1.41. The molecular formula is C9H7BrClNO2S. The van der Waals surface area contributed by atoms with Crippen molar-refractivity contribution >= 4 is 35.7 Å². The van der Waals surface area contributed by atoms with E-state index in [1.165, 1.54) is 12.1 Å². The van der Waals surface area contributed by atoms with Crippen LogP contribution in [0, 0.1) is 11.3 Å². The average molecular weight is 309 g/mol. The monoisotopic (exact) mass is 307 g/mol. The van der Waals surface area contributed by atoms with Crippen molar-refractivity contribution in [1.29, 1.82) is 5.26 Å². The van der Waals surface area contributed by atoms with Crippen molar-refractivity contribution in [3.63, 3.8) is 0 Å². The van der Waals surface area contributed by atoms with Crippen molar-refractivity contribution in [2.24, 2.45) is 0 Å². The van der Waals surface area contributed by atoms with Crippen LogP contribution in [-0.2, 0) is 15.5 Å². The summed E-state index contributed by atoms with van der Waals surface area (Å²) >= 11 is 3.22. The summed E-state index contributed by atoms with van der Waals surface area (Å²) in [5.74, 6) is 0. The highest BCUT2D eigenvalue weighted by molar-refractivity contribution is 9.10. The third kappa shape index (κ3) is 2.71. The molecule has 0 saturated carbocycles. The van der Waals surface area contributed by atoms with Crippen molar-refractivity contribution in [3.05, 3.63) is 27.7 Å². The first-order valence-electron chi connectivity index (χ1n) is 4.07. The highest BCUT2D eigenvalue weighted by atomic mass is 79.9. The molecule has 0 amide bonds. The summed E-state index contributed by atoms with van der Waals surface area (Å²) in [6.45, 7) is 1.88. The summed E-state index contributed by atoms with van der Waals surface area (Å²) in [5.41, 5.74) is 1.10. The van der Waals surface area contributed by atoms with Crippen LogP contribution in [0.15, 0.2) is 21.5 Å². The van der Waals surface area contributed by atoms with Crippen LogP contribution >= 0.6 is 26.6 Å². The molecule has 0 fully saturated rings. The van der Waals surface area contributed by atoms with E-state index in [0.717, 1.165) is 5.56 Å². The molecule has 0 N–H and O–H groups in total. The lowest BCUT2D eigenvalue weighted by atomic mass is 10.1. The van der Waals surface area contributed by atoms with Crippen molar-refractivity contribution in [2.45, 2.75) is 18.2 Å². The molecule has 0 radical (unpaired) electrons. The first-order valence-corrected chi connectivity index (χ1v) is 7.17. The third-order valence-corrected chi connectivity index (χ3v) is 3.97. The van der Waals surface area contributed by atoms with E-state index in [4.69, 9.17) is 15.9 Å². The highest BCUT2D eigenvalue weighted by Crippen LogP contribution is 2.27. The zero-order valence-corrected chi connectivity index (χ0v) is 10.9. The lowest BCUT2D eigenvalue weighted by Crippen LogP contribution is -1.96. The van der Waals surface area contributed by atoms with E-state index in [1.54, 1.807) is 0 Å². The van der Waals surface area contributed by atoms with E-state index in [-0.39, 0.29) is 4.90 Å². The van der Waals surface area contributed by atoms with Crippen LogP contribution in [0.1, 0.15) is 18.1 Å². The number of nitriles is 1. The number of benzene rings is 1. The van der Waals surface area contributed by atoms with E-state index in [0.29, 0.717) is 16.5 Å². The molecule has 1 rings (SSSR count). The molecule has 80 valence electrons. The largest absolute Gasteiger partial charge is 0.261 e. The summed E-state index contributed by atoms with van der Waals surface area (Å²) in [5, 5.41) is 8.86. The topological polar surface area (TPSA) is 57.9 Å². The maximum Gasteiger partial charge on any atom is 0.261 e. The SMILES string of the molecule is CCc1c(Br)cc(S(=O)(=O)Cl)cc1C#N. The molecule has 0 saturated heterocycles. The number of halogens is 2. The first-order chi connectivity index (χ1) is 6.90. The van der Waals surface area contributed by atoms with Gasteiger partial charge in [-0.25, -0.2) is 8.42 Å².